The number of carbonyl (C=O) groups excluding carboxylic acids is 3. The number of methoxy groups -OCH3 is 2. The predicted molar refractivity (Wildman–Crippen MR) is 116 cm³/mol. The van der Waals surface area contributed by atoms with Crippen LogP contribution in [0.5, 0.6) is 11.5 Å². The molecule has 2 atom stereocenters. The standard InChI is InChI=1S/C24H24N2O5/c1-14-10-11-17-18(12-14)24(29)26(23(17)28)16-7-4-6-15(13-16)22(27)25-19-8-5-9-20(30-2)21(19)31-3/h4-10,13,17-18H,11-12H2,1-3H3,(H,25,27)/t17-,18+/m0/s1. The van der Waals surface area contributed by atoms with Crippen LogP contribution in [0.4, 0.5) is 11.4 Å². The van der Waals surface area contributed by atoms with Crippen LogP contribution in [0, 0.1) is 11.8 Å². The highest BCUT2D eigenvalue weighted by Gasteiger charge is 2.48. The summed E-state index contributed by atoms with van der Waals surface area (Å²) in [4.78, 5) is 40.0. The van der Waals surface area contributed by atoms with E-state index < -0.39 is 0 Å². The molecule has 160 valence electrons. The molecule has 0 saturated carbocycles. The second-order valence-electron chi connectivity index (χ2n) is 7.76. The first-order valence-corrected chi connectivity index (χ1v) is 10.1. The van der Waals surface area contributed by atoms with Crippen molar-refractivity contribution in [3.63, 3.8) is 0 Å². The number of nitrogens with one attached hydrogen (secondary N) is 1. The van der Waals surface area contributed by atoms with Crippen molar-refractivity contribution in [1.82, 2.24) is 0 Å². The second kappa shape index (κ2) is 8.26. The highest BCUT2D eigenvalue weighted by Crippen LogP contribution is 2.40. The zero-order chi connectivity index (χ0) is 22.1. The number of benzene rings is 2. The fraction of sp³-hybridized carbons (Fsp3) is 0.292. The van der Waals surface area contributed by atoms with Gasteiger partial charge in [-0.15, -0.1) is 0 Å². The Morgan fingerprint density at radius 3 is 2.52 bits per heavy atom. The topological polar surface area (TPSA) is 84.9 Å². The number of carbonyl (C=O) groups is 3. The van der Waals surface area contributed by atoms with Crippen molar-refractivity contribution in [2.24, 2.45) is 11.8 Å². The Morgan fingerprint density at radius 2 is 1.77 bits per heavy atom. The number of rotatable bonds is 5. The summed E-state index contributed by atoms with van der Waals surface area (Å²) >= 11 is 0. The molecule has 1 N–H and O–H groups in total. The molecular formula is C24H24N2O5. The highest BCUT2D eigenvalue weighted by molar-refractivity contribution is 6.22. The van der Waals surface area contributed by atoms with Crippen LogP contribution >= 0.6 is 0 Å². The van der Waals surface area contributed by atoms with Gasteiger partial charge in [-0.2, -0.15) is 0 Å². The summed E-state index contributed by atoms with van der Waals surface area (Å²) in [6.45, 7) is 1.98. The van der Waals surface area contributed by atoms with Crippen LogP contribution in [0.15, 0.2) is 54.1 Å². The minimum atomic E-state index is -0.387. The zero-order valence-electron chi connectivity index (χ0n) is 17.7. The SMILES string of the molecule is COc1cccc(NC(=O)c2cccc(N3C(=O)[C@H]4CC=C(C)C[C@H]4C3=O)c2)c1OC. The smallest absolute Gasteiger partial charge is 0.255 e. The lowest BCUT2D eigenvalue weighted by Gasteiger charge is -2.18. The Balaban J connectivity index is 1.59. The molecule has 0 bridgehead atoms. The molecule has 7 nitrogen and oxygen atoms in total. The average Bonchev–Trinajstić information content (AvgIpc) is 3.02. The first-order chi connectivity index (χ1) is 14.9. The van der Waals surface area contributed by atoms with Gasteiger partial charge in [0.05, 0.1) is 37.4 Å². The van der Waals surface area contributed by atoms with Crippen molar-refractivity contribution in [3.8, 4) is 11.5 Å². The summed E-state index contributed by atoms with van der Waals surface area (Å²) in [5.41, 5.74) is 2.32. The van der Waals surface area contributed by atoms with Crippen LogP contribution in [0.2, 0.25) is 0 Å². The van der Waals surface area contributed by atoms with E-state index in [4.69, 9.17) is 9.47 Å². The van der Waals surface area contributed by atoms with Gasteiger partial charge in [-0.25, -0.2) is 0 Å². The van der Waals surface area contributed by atoms with E-state index in [1.165, 1.54) is 19.1 Å². The number of amides is 3. The van der Waals surface area contributed by atoms with Gasteiger partial charge < -0.3 is 14.8 Å². The van der Waals surface area contributed by atoms with Gasteiger partial charge in [-0.3, -0.25) is 19.3 Å². The Bertz CT molecular complexity index is 1090. The van der Waals surface area contributed by atoms with E-state index in [1.807, 2.05) is 13.0 Å². The molecule has 7 heteroatoms. The molecule has 4 rings (SSSR count). The van der Waals surface area contributed by atoms with Gasteiger partial charge >= 0.3 is 0 Å². The summed E-state index contributed by atoms with van der Waals surface area (Å²) in [7, 11) is 3.01. The molecule has 1 aliphatic heterocycles. The number of imide groups is 1. The monoisotopic (exact) mass is 420 g/mol. The predicted octanol–water partition coefficient (Wildman–Crippen LogP) is 3.80. The molecule has 1 fully saturated rings. The highest BCUT2D eigenvalue weighted by atomic mass is 16.5. The second-order valence-corrected chi connectivity index (χ2v) is 7.76. The molecule has 31 heavy (non-hydrogen) atoms. The molecule has 2 aromatic carbocycles. The molecule has 1 aliphatic carbocycles. The lowest BCUT2D eigenvalue weighted by molar-refractivity contribution is -0.122. The summed E-state index contributed by atoms with van der Waals surface area (Å²) < 4.78 is 10.6. The lowest BCUT2D eigenvalue weighted by Crippen LogP contribution is -2.31. The van der Waals surface area contributed by atoms with E-state index in [1.54, 1.807) is 42.5 Å². The summed E-state index contributed by atoms with van der Waals surface area (Å²) in [6, 6.07) is 11.7. The van der Waals surface area contributed by atoms with Gasteiger partial charge in [0.25, 0.3) is 5.91 Å². The maximum atomic E-state index is 13.0. The third-order valence-corrected chi connectivity index (χ3v) is 5.84. The summed E-state index contributed by atoms with van der Waals surface area (Å²) in [5, 5.41) is 2.81. The molecule has 0 aromatic heterocycles. The van der Waals surface area contributed by atoms with Crippen LogP contribution in [-0.2, 0) is 9.59 Å². The van der Waals surface area contributed by atoms with Gasteiger partial charge in [-0.1, -0.05) is 23.8 Å². The maximum absolute atomic E-state index is 13.0. The minimum absolute atomic E-state index is 0.200. The first-order valence-electron chi connectivity index (χ1n) is 10.1. The number of hydrogen-bond donors (Lipinski definition) is 1. The average molecular weight is 420 g/mol. The molecule has 3 amide bonds. The quantitative estimate of drug-likeness (QED) is 0.587. The van der Waals surface area contributed by atoms with Gasteiger partial charge in [0, 0.05) is 5.56 Å². The van der Waals surface area contributed by atoms with Gasteiger partial charge in [0.1, 0.15) is 0 Å². The maximum Gasteiger partial charge on any atom is 0.255 e. The molecular weight excluding hydrogens is 396 g/mol. The molecule has 1 saturated heterocycles. The van der Waals surface area contributed by atoms with Crippen molar-refractivity contribution in [1.29, 1.82) is 0 Å². The lowest BCUT2D eigenvalue weighted by atomic mass is 9.82. The molecule has 1 heterocycles. The Labute approximate surface area is 180 Å². The fourth-order valence-corrected chi connectivity index (χ4v) is 4.26. The van der Waals surface area contributed by atoms with E-state index in [9.17, 15) is 14.4 Å². The van der Waals surface area contributed by atoms with Crippen molar-refractivity contribution in [2.45, 2.75) is 19.8 Å². The van der Waals surface area contributed by atoms with E-state index in [-0.39, 0.29) is 29.6 Å². The fourth-order valence-electron chi connectivity index (χ4n) is 4.26. The number of para-hydroxylation sites is 1. The Morgan fingerprint density at radius 1 is 1.03 bits per heavy atom. The number of anilines is 2. The Kier molecular flexibility index (Phi) is 5.50. The third-order valence-electron chi connectivity index (χ3n) is 5.84. The van der Waals surface area contributed by atoms with E-state index in [0.29, 0.717) is 41.3 Å². The van der Waals surface area contributed by atoms with Crippen LogP contribution in [0.3, 0.4) is 0 Å². The van der Waals surface area contributed by atoms with Crippen molar-refractivity contribution >= 4 is 29.1 Å². The van der Waals surface area contributed by atoms with Crippen LogP contribution < -0.4 is 19.7 Å². The van der Waals surface area contributed by atoms with Gasteiger partial charge in [0.2, 0.25) is 11.8 Å². The zero-order valence-corrected chi connectivity index (χ0v) is 17.7. The normalized spacial score (nSPS) is 20.2. The molecule has 2 aliphatic rings. The largest absolute Gasteiger partial charge is 0.493 e. The van der Waals surface area contributed by atoms with Gasteiger partial charge in [-0.05, 0) is 50.1 Å². The Hall–Kier alpha value is -3.61. The number of allylic oxidation sites excluding steroid dienone is 2. The molecule has 0 unspecified atom stereocenters. The summed E-state index contributed by atoms with van der Waals surface area (Å²) in [5.74, 6) is -0.534. The van der Waals surface area contributed by atoms with Crippen LogP contribution in [-0.4, -0.2) is 31.9 Å². The van der Waals surface area contributed by atoms with Crippen molar-refractivity contribution < 1.29 is 23.9 Å². The van der Waals surface area contributed by atoms with E-state index >= 15 is 0 Å². The number of hydrogen-bond acceptors (Lipinski definition) is 5. The van der Waals surface area contributed by atoms with E-state index in [2.05, 4.69) is 5.32 Å². The molecule has 2 aromatic rings. The first kappa shape index (κ1) is 20.7. The molecule has 0 spiro atoms. The molecule has 0 radical (unpaired) electrons. The van der Waals surface area contributed by atoms with E-state index in [0.717, 1.165) is 5.57 Å². The number of nitrogens with zero attached hydrogens (tertiary/aromatic N) is 1. The summed E-state index contributed by atoms with van der Waals surface area (Å²) in [6.07, 6.45) is 3.20. The number of fused-ring (bicyclic) bond motifs is 1. The minimum Gasteiger partial charge on any atom is -0.493 e. The number of ether oxygens (including phenoxy) is 2. The van der Waals surface area contributed by atoms with Crippen molar-refractivity contribution in [2.75, 3.05) is 24.4 Å². The van der Waals surface area contributed by atoms with Gasteiger partial charge in [0.15, 0.2) is 11.5 Å². The van der Waals surface area contributed by atoms with Crippen LogP contribution in [0.1, 0.15) is 30.1 Å². The van der Waals surface area contributed by atoms with Crippen molar-refractivity contribution in [3.05, 3.63) is 59.7 Å². The van der Waals surface area contributed by atoms with Crippen LogP contribution in [0.25, 0.3) is 0 Å². The third kappa shape index (κ3) is 3.67.